The van der Waals surface area contributed by atoms with E-state index < -0.39 is 0 Å². The summed E-state index contributed by atoms with van der Waals surface area (Å²) in [6.45, 7) is 2.74. The molecule has 2 saturated heterocycles. The molecule has 0 spiro atoms. The standard InChI is InChI=1S/C15H20N2O3/c18-13-3-1-2-12(8-13)17-9-14(20-10-15(17)19)11-4-6-16-7-5-11/h1-3,8,11,14,16,18H,4-7,9-10H2. The van der Waals surface area contributed by atoms with Crippen LogP contribution in [0.4, 0.5) is 5.69 Å². The Morgan fingerprint density at radius 1 is 1.30 bits per heavy atom. The van der Waals surface area contributed by atoms with Crippen molar-refractivity contribution in [2.24, 2.45) is 5.92 Å². The number of phenolic OH excluding ortho intramolecular Hbond substituents is 1. The number of piperidine rings is 1. The third kappa shape index (κ3) is 2.78. The Labute approximate surface area is 118 Å². The van der Waals surface area contributed by atoms with Gasteiger partial charge in [-0.05, 0) is 44.0 Å². The van der Waals surface area contributed by atoms with Crippen molar-refractivity contribution in [3.8, 4) is 5.75 Å². The normalized spacial score (nSPS) is 24.9. The molecule has 0 bridgehead atoms. The number of carbonyl (C=O) groups is 1. The first-order valence-corrected chi connectivity index (χ1v) is 7.16. The Morgan fingerprint density at radius 3 is 2.85 bits per heavy atom. The predicted octanol–water partition coefficient (Wildman–Crippen LogP) is 1.12. The number of hydrogen-bond donors (Lipinski definition) is 2. The van der Waals surface area contributed by atoms with Crippen LogP contribution in [0.3, 0.4) is 0 Å². The van der Waals surface area contributed by atoms with Crippen molar-refractivity contribution in [3.63, 3.8) is 0 Å². The first-order valence-electron chi connectivity index (χ1n) is 7.16. The molecule has 2 aliphatic heterocycles. The van der Waals surface area contributed by atoms with E-state index in [1.54, 1.807) is 23.1 Å². The van der Waals surface area contributed by atoms with Crippen molar-refractivity contribution in [2.45, 2.75) is 18.9 Å². The SMILES string of the molecule is O=C1COC(C2CCNCC2)CN1c1cccc(O)c1. The van der Waals surface area contributed by atoms with Gasteiger partial charge in [0.25, 0.3) is 5.91 Å². The van der Waals surface area contributed by atoms with Gasteiger partial charge < -0.3 is 20.1 Å². The molecule has 0 radical (unpaired) electrons. The minimum absolute atomic E-state index is 0.0409. The second-order valence-corrected chi connectivity index (χ2v) is 5.46. The highest BCUT2D eigenvalue weighted by Crippen LogP contribution is 2.27. The van der Waals surface area contributed by atoms with E-state index >= 15 is 0 Å². The van der Waals surface area contributed by atoms with Crippen LogP contribution in [0.25, 0.3) is 0 Å². The largest absolute Gasteiger partial charge is 0.508 e. The maximum absolute atomic E-state index is 12.0. The summed E-state index contributed by atoms with van der Waals surface area (Å²) in [6, 6.07) is 6.84. The van der Waals surface area contributed by atoms with E-state index in [2.05, 4.69) is 5.32 Å². The van der Waals surface area contributed by atoms with Gasteiger partial charge in [0.2, 0.25) is 0 Å². The number of ether oxygens (including phenoxy) is 1. The van der Waals surface area contributed by atoms with Crippen LogP contribution < -0.4 is 10.2 Å². The van der Waals surface area contributed by atoms with Crippen molar-refractivity contribution >= 4 is 11.6 Å². The summed E-state index contributed by atoms with van der Waals surface area (Å²) in [5, 5.41) is 12.9. The summed E-state index contributed by atoms with van der Waals surface area (Å²) >= 11 is 0. The number of nitrogens with zero attached hydrogens (tertiary/aromatic N) is 1. The molecule has 1 unspecified atom stereocenters. The number of amides is 1. The van der Waals surface area contributed by atoms with E-state index in [9.17, 15) is 9.90 Å². The van der Waals surface area contributed by atoms with Gasteiger partial charge in [0, 0.05) is 11.8 Å². The molecular weight excluding hydrogens is 256 g/mol. The monoisotopic (exact) mass is 276 g/mol. The molecule has 20 heavy (non-hydrogen) atoms. The van der Waals surface area contributed by atoms with Crippen LogP contribution in [-0.4, -0.2) is 43.4 Å². The minimum Gasteiger partial charge on any atom is -0.508 e. The summed E-state index contributed by atoms with van der Waals surface area (Å²) in [5.41, 5.74) is 0.747. The van der Waals surface area contributed by atoms with E-state index in [0.717, 1.165) is 31.6 Å². The molecule has 2 heterocycles. The van der Waals surface area contributed by atoms with Gasteiger partial charge in [0.1, 0.15) is 12.4 Å². The molecule has 0 aromatic heterocycles. The Morgan fingerprint density at radius 2 is 2.10 bits per heavy atom. The summed E-state index contributed by atoms with van der Waals surface area (Å²) < 4.78 is 5.73. The smallest absolute Gasteiger partial charge is 0.253 e. The van der Waals surface area contributed by atoms with Gasteiger partial charge >= 0.3 is 0 Å². The average Bonchev–Trinajstić information content (AvgIpc) is 2.48. The van der Waals surface area contributed by atoms with Gasteiger partial charge in [-0.25, -0.2) is 0 Å². The van der Waals surface area contributed by atoms with Crippen molar-refractivity contribution in [2.75, 3.05) is 31.1 Å². The quantitative estimate of drug-likeness (QED) is 0.850. The molecule has 1 aromatic rings. The van der Waals surface area contributed by atoms with E-state index in [-0.39, 0.29) is 24.4 Å². The van der Waals surface area contributed by atoms with Crippen molar-refractivity contribution in [3.05, 3.63) is 24.3 Å². The third-order valence-electron chi connectivity index (χ3n) is 4.14. The molecule has 2 fully saturated rings. The maximum atomic E-state index is 12.0. The molecule has 1 aromatic carbocycles. The molecule has 1 atom stereocenters. The molecule has 2 N–H and O–H groups in total. The van der Waals surface area contributed by atoms with Crippen LogP contribution in [-0.2, 0) is 9.53 Å². The van der Waals surface area contributed by atoms with E-state index in [0.29, 0.717) is 12.5 Å². The highest BCUT2D eigenvalue weighted by molar-refractivity contribution is 5.95. The van der Waals surface area contributed by atoms with Crippen LogP contribution in [0, 0.1) is 5.92 Å². The fourth-order valence-electron chi connectivity index (χ4n) is 3.00. The van der Waals surface area contributed by atoms with Crippen molar-refractivity contribution < 1.29 is 14.6 Å². The molecule has 0 aliphatic carbocycles. The van der Waals surface area contributed by atoms with Gasteiger partial charge in [-0.3, -0.25) is 4.79 Å². The topological polar surface area (TPSA) is 61.8 Å². The molecule has 0 saturated carbocycles. The van der Waals surface area contributed by atoms with E-state index in [1.807, 2.05) is 6.07 Å². The molecule has 1 amide bonds. The molecule has 2 aliphatic rings. The number of nitrogens with one attached hydrogen (secondary N) is 1. The Balaban J connectivity index is 1.74. The van der Waals surface area contributed by atoms with E-state index in [4.69, 9.17) is 4.74 Å². The molecule has 5 nitrogen and oxygen atoms in total. The summed E-state index contributed by atoms with van der Waals surface area (Å²) in [7, 11) is 0. The number of hydrogen-bond acceptors (Lipinski definition) is 4. The number of morpholine rings is 1. The number of rotatable bonds is 2. The van der Waals surface area contributed by atoms with Crippen LogP contribution >= 0.6 is 0 Å². The number of aromatic hydroxyl groups is 1. The Bertz CT molecular complexity index is 486. The van der Waals surface area contributed by atoms with Gasteiger partial charge in [0.15, 0.2) is 0 Å². The lowest BCUT2D eigenvalue weighted by atomic mass is 9.91. The second-order valence-electron chi connectivity index (χ2n) is 5.46. The van der Waals surface area contributed by atoms with Crippen LogP contribution in [0.15, 0.2) is 24.3 Å². The molecule has 108 valence electrons. The first-order chi connectivity index (χ1) is 9.74. The fourth-order valence-corrected chi connectivity index (χ4v) is 3.00. The molecule has 5 heteroatoms. The van der Waals surface area contributed by atoms with E-state index in [1.165, 1.54) is 0 Å². The summed E-state index contributed by atoms with van der Waals surface area (Å²) in [5.74, 6) is 0.644. The highest BCUT2D eigenvalue weighted by Gasteiger charge is 2.33. The Kier molecular flexibility index (Phi) is 3.89. The second kappa shape index (κ2) is 5.81. The van der Waals surface area contributed by atoms with Crippen LogP contribution in [0.1, 0.15) is 12.8 Å². The van der Waals surface area contributed by atoms with Gasteiger partial charge in [0.05, 0.1) is 12.6 Å². The number of carbonyl (C=O) groups excluding carboxylic acids is 1. The lowest BCUT2D eigenvalue weighted by Gasteiger charge is -2.38. The zero-order valence-corrected chi connectivity index (χ0v) is 11.4. The van der Waals surface area contributed by atoms with Crippen molar-refractivity contribution in [1.82, 2.24) is 5.32 Å². The highest BCUT2D eigenvalue weighted by atomic mass is 16.5. The number of benzene rings is 1. The number of phenols is 1. The lowest BCUT2D eigenvalue weighted by Crippen LogP contribution is -2.51. The zero-order valence-electron chi connectivity index (χ0n) is 11.4. The zero-order chi connectivity index (χ0) is 13.9. The van der Waals surface area contributed by atoms with Gasteiger partial charge in [-0.1, -0.05) is 6.07 Å². The van der Waals surface area contributed by atoms with Gasteiger partial charge in [-0.15, -0.1) is 0 Å². The fraction of sp³-hybridized carbons (Fsp3) is 0.533. The predicted molar refractivity (Wildman–Crippen MR) is 75.8 cm³/mol. The third-order valence-corrected chi connectivity index (χ3v) is 4.14. The minimum atomic E-state index is -0.0409. The van der Waals surface area contributed by atoms with Crippen LogP contribution in [0.2, 0.25) is 0 Å². The molecule has 3 rings (SSSR count). The average molecular weight is 276 g/mol. The lowest BCUT2D eigenvalue weighted by molar-refractivity contribution is -0.131. The molecular formula is C15H20N2O3. The summed E-state index contributed by atoms with van der Waals surface area (Å²) in [6.07, 6.45) is 2.27. The Hall–Kier alpha value is -1.59. The van der Waals surface area contributed by atoms with Crippen molar-refractivity contribution in [1.29, 1.82) is 0 Å². The van der Waals surface area contributed by atoms with Crippen LogP contribution in [0.5, 0.6) is 5.75 Å². The first kappa shape index (κ1) is 13.4. The van der Waals surface area contributed by atoms with Gasteiger partial charge in [-0.2, -0.15) is 0 Å². The summed E-state index contributed by atoms with van der Waals surface area (Å²) in [4.78, 5) is 13.8. The maximum Gasteiger partial charge on any atom is 0.253 e. The number of anilines is 1.